The van der Waals surface area contributed by atoms with Crippen molar-refractivity contribution in [3.8, 4) is 6.07 Å². The highest BCUT2D eigenvalue weighted by atomic mass is 31.2. The molecule has 0 amide bonds. The van der Waals surface area contributed by atoms with Crippen LogP contribution in [0.1, 0.15) is 59.6 Å². The lowest BCUT2D eigenvalue weighted by atomic mass is 9.89. The number of nitrogens with zero attached hydrogens (tertiary/aromatic N) is 3. The standard InChI is InChI=1S/C28H41N4O6P/c1-19(2)16-22(20(3)4)39(36-15-7-11-29)38-25-24-26(32-14-10-23(33)30-27(32)34)37-28(25,18-35-24)17-21-8-6-12-31(5)13-9-21/h8,10,14,16,19-20,24-26H,6-7,9,12-13,15,17-18H2,1-5H3,(H,30,33,34)/b22-16-/t24?,25?,26-,28+,39?/m1/s1. The lowest BCUT2D eigenvalue weighted by molar-refractivity contribution is -0.174. The molecule has 1 aromatic heterocycles. The Morgan fingerprint density at radius 3 is 2.82 bits per heavy atom. The van der Waals surface area contributed by atoms with Gasteiger partial charge in [0.1, 0.15) is 17.8 Å². The molecule has 0 spiro atoms. The molecule has 2 saturated heterocycles. The molecule has 3 unspecified atom stereocenters. The molecular weight excluding hydrogens is 519 g/mol. The van der Waals surface area contributed by atoms with Crippen molar-refractivity contribution in [3.05, 3.63) is 56.1 Å². The smallest absolute Gasteiger partial charge is 0.330 e. The molecule has 0 aliphatic carbocycles. The number of aromatic nitrogens is 2. The molecule has 39 heavy (non-hydrogen) atoms. The van der Waals surface area contributed by atoms with Crippen LogP contribution in [0.3, 0.4) is 0 Å². The summed E-state index contributed by atoms with van der Waals surface area (Å²) < 4.78 is 27.5. The van der Waals surface area contributed by atoms with Crippen molar-refractivity contribution in [2.45, 2.75) is 77.4 Å². The monoisotopic (exact) mass is 560 g/mol. The number of hydrogen-bond acceptors (Lipinski definition) is 8. The molecule has 3 aliphatic heterocycles. The maximum Gasteiger partial charge on any atom is 0.330 e. The summed E-state index contributed by atoms with van der Waals surface area (Å²) in [6.45, 7) is 11.0. The maximum absolute atomic E-state index is 12.8. The van der Waals surface area contributed by atoms with Gasteiger partial charge in [0.05, 0.1) is 25.7 Å². The second-order valence-corrected chi connectivity index (χ2v) is 12.8. The molecule has 11 heteroatoms. The number of nitriles is 1. The van der Waals surface area contributed by atoms with Crippen LogP contribution in [-0.4, -0.2) is 65.6 Å². The largest absolute Gasteiger partial charge is 0.368 e. The normalized spacial score (nSPS) is 28.5. The first-order chi connectivity index (χ1) is 18.6. The van der Waals surface area contributed by atoms with Gasteiger partial charge in [0.2, 0.25) is 8.38 Å². The van der Waals surface area contributed by atoms with Gasteiger partial charge in [-0.05, 0) is 31.7 Å². The van der Waals surface area contributed by atoms with Gasteiger partial charge in [-0.2, -0.15) is 5.26 Å². The van der Waals surface area contributed by atoms with Crippen molar-refractivity contribution in [3.63, 3.8) is 0 Å². The van der Waals surface area contributed by atoms with Crippen molar-refractivity contribution in [1.82, 2.24) is 14.5 Å². The Kier molecular flexibility index (Phi) is 9.97. The van der Waals surface area contributed by atoms with Crippen LogP contribution in [0.2, 0.25) is 0 Å². The van der Waals surface area contributed by atoms with Crippen molar-refractivity contribution < 1.29 is 18.5 Å². The summed E-state index contributed by atoms with van der Waals surface area (Å²) in [5.41, 5.74) is -0.560. The van der Waals surface area contributed by atoms with E-state index in [1.54, 1.807) is 0 Å². The molecule has 1 aromatic rings. The zero-order chi connectivity index (χ0) is 28.2. The third-order valence-electron chi connectivity index (χ3n) is 7.32. The van der Waals surface area contributed by atoms with Crippen LogP contribution in [0.5, 0.6) is 0 Å². The molecule has 0 saturated carbocycles. The number of hydrogen-bond donors (Lipinski definition) is 1. The number of nitrogens with one attached hydrogen (secondary N) is 1. The van der Waals surface area contributed by atoms with Crippen LogP contribution >= 0.6 is 8.38 Å². The fourth-order valence-corrected chi connectivity index (χ4v) is 7.32. The average molecular weight is 561 g/mol. The van der Waals surface area contributed by atoms with Gasteiger partial charge in [-0.25, -0.2) is 4.79 Å². The van der Waals surface area contributed by atoms with Crippen molar-refractivity contribution in [2.24, 2.45) is 11.8 Å². The average Bonchev–Trinajstić information content (AvgIpc) is 3.26. The Hall–Kier alpha value is -2.12. The summed E-state index contributed by atoms with van der Waals surface area (Å²) in [6, 6.07) is 3.46. The lowest BCUT2D eigenvalue weighted by Gasteiger charge is -2.34. The molecule has 5 atom stereocenters. The fraction of sp³-hybridized carbons (Fsp3) is 0.679. The maximum atomic E-state index is 12.8. The van der Waals surface area contributed by atoms with Crippen LogP contribution in [0.15, 0.2) is 44.9 Å². The van der Waals surface area contributed by atoms with Crippen molar-refractivity contribution >= 4 is 8.38 Å². The predicted molar refractivity (Wildman–Crippen MR) is 149 cm³/mol. The fourth-order valence-electron chi connectivity index (χ4n) is 5.37. The van der Waals surface area contributed by atoms with E-state index in [4.69, 9.17) is 23.8 Å². The number of rotatable bonds is 11. The Balaban J connectivity index is 1.71. The second-order valence-electron chi connectivity index (χ2n) is 11.3. The van der Waals surface area contributed by atoms with E-state index >= 15 is 0 Å². The highest BCUT2D eigenvalue weighted by Crippen LogP contribution is 2.58. The molecule has 214 valence electrons. The van der Waals surface area contributed by atoms with Gasteiger partial charge in [0.15, 0.2) is 6.23 Å². The highest BCUT2D eigenvalue weighted by Gasteiger charge is 2.64. The van der Waals surface area contributed by atoms with Crippen LogP contribution in [0.25, 0.3) is 0 Å². The van der Waals surface area contributed by atoms with E-state index in [9.17, 15) is 9.59 Å². The molecule has 0 aromatic carbocycles. The van der Waals surface area contributed by atoms with Gasteiger partial charge in [0, 0.05) is 37.1 Å². The Labute approximate surface area is 231 Å². The van der Waals surface area contributed by atoms with E-state index in [0.717, 1.165) is 31.2 Å². The number of fused-ring (bicyclic) bond motifs is 2. The molecule has 0 radical (unpaired) electrons. The Morgan fingerprint density at radius 1 is 1.33 bits per heavy atom. The molecule has 3 aliphatic rings. The van der Waals surface area contributed by atoms with Crippen molar-refractivity contribution in [2.75, 3.05) is 33.4 Å². The number of allylic oxidation sites excluding steroid dienone is 2. The zero-order valence-electron chi connectivity index (χ0n) is 23.6. The summed E-state index contributed by atoms with van der Waals surface area (Å²) in [5.74, 6) is 0.466. The van der Waals surface area contributed by atoms with E-state index < -0.39 is 43.7 Å². The molecule has 2 fully saturated rings. The second kappa shape index (κ2) is 13.0. The van der Waals surface area contributed by atoms with Gasteiger partial charge in [-0.15, -0.1) is 0 Å². The SMILES string of the molecule is CC(C)/C=C(/C(C)C)P(OCCC#N)OC1C2OC[C@]1(CC1=CCCN(C)CC1)O[C@H]2n1ccc(=O)[nH]c1=O. The van der Waals surface area contributed by atoms with Crippen LogP contribution in [0, 0.1) is 23.2 Å². The minimum Gasteiger partial charge on any atom is -0.368 e. The van der Waals surface area contributed by atoms with E-state index in [2.05, 4.69) is 62.8 Å². The van der Waals surface area contributed by atoms with Crippen LogP contribution < -0.4 is 11.2 Å². The summed E-state index contributed by atoms with van der Waals surface area (Å²) in [7, 11) is 0.603. The minimum absolute atomic E-state index is 0.176. The van der Waals surface area contributed by atoms with E-state index in [0.29, 0.717) is 13.0 Å². The van der Waals surface area contributed by atoms with Gasteiger partial charge in [-0.3, -0.25) is 14.3 Å². The third kappa shape index (κ3) is 6.97. The first kappa shape index (κ1) is 29.9. The molecule has 10 nitrogen and oxygen atoms in total. The summed E-state index contributed by atoms with van der Waals surface area (Å²) in [6.07, 6.45) is 6.84. The third-order valence-corrected chi connectivity index (χ3v) is 9.24. The summed E-state index contributed by atoms with van der Waals surface area (Å²) >= 11 is 0. The van der Waals surface area contributed by atoms with Gasteiger partial charge in [-0.1, -0.05) is 45.4 Å². The lowest BCUT2D eigenvalue weighted by Crippen LogP contribution is -2.42. The number of H-pyrrole nitrogens is 1. The van der Waals surface area contributed by atoms with Crippen LogP contribution in [0.4, 0.5) is 0 Å². The zero-order valence-corrected chi connectivity index (χ0v) is 24.5. The molecule has 4 heterocycles. The number of ether oxygens (including phenoxy) is 2. The number of aromatic amines is 1. The van der Waals surface area contributed by atoms with E-state index in [1.165, 1.54) is 22.4 Å². The highest BCUT2D eigenvalue weighted by molar-refractivity contribution is 7.52. The molecule has 2 bridgehead atoms. The van der Waals surface area contributed by atoms with Gasteiger partial charge < -0.3 is 23.4 Å². The van der Waals surface area contributed by atoms with Gasteiger partial charge in [0.25, 0.3) is 5.56 Å². The topological polar surface area (TPSA) is 119 Å². The van der Waals surface area contributed by atoms with Crippen molar-refractivity contribution in [1.29, 1.82) is 5.26 Å². The van der Waals surface area contributed by atoms with Crippen LogP contribution in [-0.2, 0) is 18.5 Å². The molecule has 4 rings (SSSR count). The Bertz CT molecular complexity index is 1220. The Morgan fingerprint density at radius 2 is 2.13 bits per heavy atom. The first-order valence-electron chi connectivity index (χ1n) is 13.8. The predicted octanol–water partition coefficient (Wildman–Crippen LogP) is 4.07. The molecule has 1 N–H and O–H groups in total. The van der Waals surface area contributed by atoms with E-state index in [-0.39, 0.29) is 24.9 Å². The molecular formula is C28H41N4O6P. The summed E-state index contributed by atoms with van der Waals surface area (Å²) in [5, 5.41) is 10.2. The summed E-state index contributed by atoms with van der Waals surface area (Å²) in [4.78, 5) is 29.1. The van der Waals surface area contributed by atoms with E-state index in [1.807, 2.05) is 0 Å². The quantitative estimate of drug-likeness (QED) is 0.245. The van der Waals surface area contributed by atoms with Gasteiger partial charge >= 0.3 is 5.69 Å². The minimum atomic E-state index is -1.52. The first-order valence-corrected chi connectivity index (χ1v) is 15.0.